The minimum atomic E-state index is -1.41. The molecule has 0 saturated heterocycles. The number of aromatic nitrogens is 1. The van der Waals surface area contributed by atoms with Crippen LogP contribution >= 0.6 is 0 Å². The number of hydrogen-bond acceptors (Lipinski definition) is 3. The highest BCUT2D eigenvalue weighted by Gasteiger charge is 2.36. The Labute approximate surface area is 114 Å². The van der Waals surface area contributed by atoms with Crippen molar-refractivity contribution in [2.75, 3.05) is 0 Å². The second-order valence-electron chi connectivity index (χ2n) is 7.09. The molecular weight excluding hydrogens is 254 g/mol. The van der Waals surface area contributed by atoms with Crippen LogP contribution in [0, 0.1) is 0 Å². The molecule has 0 amide bonds. The van der Waals surface area contributed by atoms with Gasteiger partial charge in [-0.15, -0.1) is 0 Å². The van der Waals surface area contributed by atoms with E-state index in [0.29, 0.717) is 0 Å². The Morgan fingerprint density at radius 2 is 1.44 bits per heavy atom. The van der Waals surface area contributed by atoms with E-state index in [0.717, 1.165) is 5.69 Å². The molecule has 0 unspecified atom stereocenters. The van der Waals surface area contributed by atoms with E-state index in [1.165, 1.54) is 0 Å². The monoisotopic (exact) mass is 281 g/mol. The predicted molar refractivity (Wildman–Crippen MR) is 84.6 cm³/mol. The van der Waals surface area contributed by atoms with Crippen LogP contribution in [0.4, 0.5) is 0 Å². The maximum Gasteiger partial charge on any atom is 0.118 e. The molecule has 1 heterocycles. The zero-order chi connectivity index (χ0) is 14.0. The first-order chi connectivity index (χ1) is 8.02. The van der Waals surface area contributed by atoms with Crippen molar-refractivity contribution >= 4 is 16.5 Å². The third kappa shape index (κ3) is 5.01. The summed E-state index contributed by atoms with van der Waals surface area (Å²) in [5, 5.41) is 0. The summed E-state index contributed by atoms with van der Waals surface area (Å²) in [6, 6.07) is 6.12. The van der Waals surface area contributed by atoms with Gasteiger partial charge >= 0.3 is 0 Å². The number of nitrogens with one attached hydrogen (secondary N) is 2. The Bertz CT molecular complexity index is 363. The predicted octanol–water partition coefficient (Wildman–Crippen LogP) is 3.10. The zero-order valence-corrected chi connectivity index (χ0v) is 14.8. The van der Waals surface area contributed by atoms with Crippen molar-refractivity contribution < 1.29 is 0 Å². The molecule has 1 rings (SSSR count). The van der Waals surface area contributed by atoms with Crippen molar-refractivity contribution in [1.82, 2.24) is 14.9 Å². The van der Waals surface area contributed by atoms with Crippen LogP contribution in [0.5, 0.6) is 0 Å². The van der Waals surface area contributed by atoms with Crippen LogP contribution in [0.1, 0.15) is 12.6 Å². The molecule has 0 fully saturated rings. The van der Waals surface area contributed by atoms with Crippen molar-refractivity contribution in [3.05, 3.63) is 30.1 Å². The van der Waals surface area contributed by atoms with Gasteiger partial charge in [-0.05, 0) is 19.1 Å². The summed E-state index contributed by atoms with van der Waals surface area (Å²) in [5.41, 5.74) is 0.853. The largest absolute Gasteiger partial charge is 0.316 e. The van der Waals surface area contributed by atoms with E-state index in [1.54, 1.807) is 0 Å². The molecule has 0 atom stereocenters. The fourth-order valence-corrected chi connectivity index (χ4v) is 5.82. The number of pyridine rings is 1. The molecule has 0 aliphatic carbocycles. The van der Waals surface area contributed by atoms with Gasteiger partial charge in [-0.25, -0.2) is 0 Å². The summed E-state index contributed by atoms with van der Waals surface area (Å²) in [5.74, 6) is 0. The lowest BCUT2D eigenvalue weighted by Gasteiger charge is -2.41. The summed E-state index contributed by atoms with van der Waals surface area (Å²) in [6.45, 7) is 16.1. The standard InChI is InChI=1S/C13H27N3Si2/c1-13(15-17(2,3)4,16-18(5,6)7)12-10-8-9-11-14-12/h8-11,15-16H,1-7H3. The molecule has 5 heteroatoms. The van der Waals surface area contributed by atoms with E-state index < -0.39 is 16.5 Å². The summed E-state index contributed by atoms with van der Waals surface area (Å²) in [6.07, 6.45) is 1.87. The van der Waals surface area contributed by atoms with Gasteiger partial charge in [0.2, 0.25) is 0 Å². The van der Waals surface area contributed by atoms with Crippen LogP contribution in [-0.2, 0) is 5.66 Å². The molecular formula is C13H27N3Si2. The van der Waals surface area contributed by atoms with Crippen molar-refractivity contribution in [2.24, 2.45) is 0 Å². The average Bonchev–Trinajstić information content (AvgIpc) is 2.13. The van der Waals surface area contributed by atoms with E-state index in [2.05, 4.69) is 73.3 Å². The smallest absolute Gasteiger partial charge is 0.118 e. The van der Waals surface area contributed by atoms with Crippen LogP contribution in [0.15, 0.2) is 24.4 Å². The molecule has 18 heavy (non-hydrogen) atoms. The Morgan fingerprint density at radius 3 is 1.78 bits per heavy atom. The molecule has 0 bridgehead atoms. The minimum Gasteiger partial charge on any atom is -0.316 e. The van der Waals surface area contributed by atoms with Crippen LogP contribution < -0.4 is 9.96 Å². The molecule has 102 valence electrons. The number of hydrogen-bond donors (Lipinski definition) is 2. The highest BCUT2D eigenvalue weighted by atomic mass is 28.3. The van der Waals surface area contributed by atoms with Crippen LogP contribution in [-0.4, -0.2) is 21.5 Å². The maximum absolute atomic E-state index is 4.54. The molecule has 0 aliphatic heterocycles. The Balaban J connectivity index is 3.09. The van der Waals surface area contributed by atoms with Gasteiger partial charge in [0.1, 0.15) is 16.5 Å². The normalized spacial score (nSPS) is 13.7. The molecule has 1 aromatic rings. The molecule has 0 aliphatic rings. The summed E-state index contributed by atoms with van der Waals surface area (Å²) < 4.78 is 0. The molecule has 0 aromatic carbocycles. The second-order valence-corrected chi connectivity index (χ2v) is 16.6. The molecule has 1 aromatic heterocycles. The van der Waals surface area contributed by atoms with Crippen LogP contribution in [0.25, 0.3) is 0 Å². The first-order valence-electron chi connectivity index (χ1n) is 6.52. The summed E-state index contributed by atoms with van der Waals surface area (Å²) in [7, 11) is -2.81. The topological polar surface area (TPSA) is 37.0 Å². The quantitative estimate of drug-likeness (QED) is 0.643. The van der Waals surface area contributed by atoms with E-state index in [1.807, 2.05) is 12.3 Å². The van der Waals surface area contributed by atoms with Gasteiger partial charge in [-0.3, -0.25) is 4.98 Å². The summed E-state index contributed by atoms with van der Waals surface area (Å²) >= 11 is 0. The lowest BCUT2D eigenvalue weighted by molar-refractivity contribution is 0.392. The van der Waals surface area contributed by atoms with Gasteiger partial charge in [0.25, 0.3) is 0 Å². The lowest BCUT2D eigenvalue weighted by atomic mass is 10.1. The van der Waals surface area contributed by atoms with Gasteiger partial charge in [-0.1, -0.05) is 45.3 Å². The summed E-state index contributed by atoms with van der Waals surface area (Å²) in [4.78, 5) is 12.1. The second kappa shape index (κ2) is 5.24. The molecule has 3 nitrogen and oxygen atoms in total. The van der Waals surface area contributed by atoms with Crippen LogP contribution in [0.3, 0.4) is 0 Å². The lowest BCUT2D eigenvalue weighted by Crippen LogP contribution is -2.66. The molecule has 0 radical (unpaired) electrons. The molecule has 0 spiro atoms. The fraction of sp³-hybridized carbons (Fsp3) is 0.615. The zero-order valence-electron chi connectivity index (χ0n) is 12.8. The third-order valence-corrected chi connectivity index (χ3v) is 4.93. The van der Waals surface area contributed by atoms with E-state index in [-0.39, 0.29) is 5.66 Å². The van der Waals surface area contributed by atoms with Gasteiger partial charge in [0.15, 0.2) is 0 Å². The third-order valence-electron chi connectivity index (χ3n) is 2.43. The van der Waals surface area contributed by atoms with Crippen LogP contribution in [0.2, 0.25) is 39.3 Å². The van der Waals surface area contributed by atoms with Gasteiger partial charge in [0.05, 0.1) is 11.4 Å². The number of nitrogens with zero attached hydrogens (tertiary/aromatic N) is 1. The fourth-order valence-electron chi connectivity index (χ4n) is 2.32. The van der Waals surface area contributed by atoms with Crippen molar-refractivity contribution in [3.8, 4) is 0 Å². The average molecular weight is 282 g/mol. The Kier molecular flexibility index (Phi) is 4.53. The maximum atomic E-state index is 4.54. The Hall–Kier alpha value is -0.496. The molecule has 0 saturated carbocycles. The van der Waals surface area contributed by atoms with E-state index >= 15 is 0 Å². The Morgan fingerprint density at radius 1 is 0.944 bits per heavy atom. The highest BCUT2D eigenvalue weighted by Crippen LogP contribution is 2.20. The minimum absolute atomic E-state index is 0.226. The SMILES string of the molecule is CC(N[Si](C)(C)C)(N[Si](C)(C)C)c1ccccn1. The van der Waals surface area contributed by atoms with Crippen molar-refractivity contribution in [1.29, 1.82) is 0 Å². The number of rotatable bonds is 5. The van der Waals surface area contributed by atoms with Gasteiger partial charge < -0.3 is 9.96 Å². The van der Waals surface area contributed by atoms with Crippen molar-refractivity contribution in [2.45, 2.75) is 51.9 Å². The molecule has 2 N–H and O–H groups in total. The first kappa shape index (κ1) is 15.6. The van der Waals surface area contributed by atoms with E-state index in [9.17, 15) is 0 Å². The van der Waals surface area contributed by atoms with Crippen molar-refractivity contribution in [3.63, 3.8) is 0 Å². The van der Waals surface area contributed by atoms with Gasteiger partial charge in [-0.2, -0.15) is 0 Å². The first-order valence-corrected chi connectivity index (χ1v) is 13.5. The van der Waals surface area contributed by atoms with E-state index in [4.69, 9.17) is 0 Å². The van der Waals surface area contributed by atoms with Gasteiger partial charge in [0, 0.05) is 6.20 Å². The highest BCUT2D eigenvalue weighted by molar-refractivity contribution is 6.75.